The van der Waals surface area contributed by atoms with Gasteiger partial charge in [0.05, 0.1) is 12.4 Å². The zero-order chi connectivity index (χ0) is 22.7. The van der Waals surface area contributed by atoms with E-state index in [-0.39, 0.29) is 57.0 Å². The molecule has 0 aliphatic rings. The van der Waals surface area contributed by atoms with Crippen LogP contribution in [0.15, 0.2) is 24.3 Å². The summed E-state index contributed by atoms with van der Waals surface area (Å²) in [5.41, 5.74) is -1.10. The fraction of sp³-hybridized carbons (Fsp3) is 0.632. The molecule has 30 heavy (non-hydrogen) atoms. The average Bonchev–Trinajstić information content (AvgIpc) is 2.61. The minimum absolute atomic E-state index is 0. The molecule has 0 spiro atoms. The maximum absolute atomic E-state index is 12.5. The molecule has 0 aliphatic carbocycles. The summed E-state index contributed by atoms with van der Waals surface area (Å²) in [4.78, 5) is 35.8. The van der Waals surface area contributed by atoms with E-state index in [4.69, 9.17) is 18.8 Å². The Labute approximate surface area is 191 Å². The van der Waals surface area contributed by atoms with Gasteiger partial charge in [-0.3, -0.25) is 9.35 Å². The van der Waals surface area contributed by atoms with Crippen LogP contribution in [-0.2, 0) is 38.7 Å². The maximum atomic E-state index is 12.5. The zero-order valence-electron chi connectivity index (χ0n) is 19.2. The van der Waals surface area contributed by atoms with Gasteiger partial charge < -0.3 is 15.6 Å². The summed E-state index contributed by atoms with van der Waals surface area (Å²) in [6.07, 6.45) is 1.92. The van der Waals surface area contributed by atoms with Crippen molar-refractivity contribution in [3.63, 3.8) is 0 Å². The monoisotopic (exact) mass is 442 g/mol. The molecular formula is C19H31LiO9S. The molecule has 0 rings (SSSR count). The fourth-order valence-corrected chi connectivity index (χ4v) is 2.50. The molecule has 0 aromatic carbocycles. The largest absolute Gasteiger partial charge is 1.00 e. The standard InChI is InChI=1S/C19H30O9S.Li.H/c1-14(2)16(20)27-12-19(5,13-28-17(21)15(3)4)18(22)26-10-8-6-7-9-11-29(23,24)25;;/h1,3,6-13H2,2,4-5H3,(H,23,24,25);;/q;+1;-1. The molecule has 0 fully saturated rings. The van der Waals surface area contributed by atoms with Crippen LogP contribution >= 0.6 is 0 Å². The Hall–Kier alpha value is -1.60. The van der Waals surface area contributed by atoms with Gasteiger partial charge in [-0.25, -0.2) is 9.59 Å². The summed E-state index contributed by atoms with van der Waals surface area (Å²) in [7, 11) is -3.97. The number of carbonyl (C=O) groups is 3. The van der Waals surface area contributed by atoms with Crippen molar-refractivity contribution in [2.24, 2.45) is 5.41 Å². The van der Waals surface area contributed by atoms with Crippen molar-refractivity contribution in [1.29, 1.82) is 0 Å². The van der Waals surface area contributed by atoms with E-state index in [1.165, 1.54) is 20.8 Å². The van der Waals surface area contributed by atoms with E-state index in [1.807, 2.05) is 0 Å². The predicted octanol–water partition coefficient (Wildman–Crippen LogP) is -0.661. The van der Waals surface area contributed by atoms with Crippen molar-refractivity contribution in [3.05, 3.63) is 24.3 Å². The summed E-state index contributed by atoms with van der Waals surface area (Å²) in [5, 5.41) is 0. The van der Waals surface area contributed by atoms with Crippen LogP contribution in [0.3, 0.4) is 0 Å². The summed E-state index contributed by atoms with van der Waals surface area (Å²) in [6.45, 7) is 10.6. The average molecular weight is 442 g/mol. The van der Waals surface area contributed by atoms with Crippen LogP contribution in [0.2, 0.25) is 0 Å². The third-order valence-electron chi connectivity index (χ3n) is 3.76. The van der Waals surface area contributed by atoms with Crippen LogP contribution in [0.5, 0.6) is 0 Å². The Balaban J connectivity index is -0.00000392. The quantitative estimate of drug-likeness (QED) is 0.0929. The Morgan fingerprint density at radius 2 is 1.33 bits per heavy atom. The molecule has 0 aromatic heterocycles. The number of unbranched alkanes of at least 4 members (excludes halogenated alkanes) is 3. The van der Waals surface area contributed by atoms with Crippen molar-refractivity contribution in [2.75, 3.05) is 25.6 Å². The van der Waals surface area contributed by atoms with Crippen LogP contribution in [0.25, 0.3) is 0 Å². The molecule has 0 saturated heterocycles. The normalized spacial score (nSPS) is 11.1. The molecule has 11 heteroatoms. The van der Waals surface area contributed by atoms with Gasteiger partial charge in [-0.1, -0.05) is 26.0 Å². The molecule has 9 nitrogen and oxygen atoms in total. The Kier molecular flexibility index (Phi) is 14.7. The maximum Gasteiger partial charge on any atom is 1.00 e. The van der Waals surface area contributed by atoms with E-state index in [0.717, 1.165) is 0 Å². The fourth-order valence-electron chi connectivity index (χ4n) is 1.93. The van der Waals surface area contributed by atoms with E-state index in [1.54, 1.807) is 0 Å². The second kappa shape index (κ2) is 14.4. The van der Waals surface area contributed by atoms with Crippen molar-refractivity contribution in [2.45, 2.75) is 46.5 Å². The first-order valence-corrected chi connectivity index (χ1v) is 10.7. The number of esters is 3. The number of hydrogen-bond acceptors (Lipinski definition) is 8. The smallest absolute Gasteiger partial charge is 1.00 e. The molecule has 0 unspecified atom stereocenters. The molecule has 1 N–H and O–H groups in total. The van der Waals surface area contributed by atoms with E-state index in [0.29, 0.717) is 25.7 Å². The first-order valence-electron chi connectivity index (χ1n) is 9.06. The second-order valence-electron chi connectivity index (χ2n) is 7.11. The number of hydrogen-bond donors (Lipinski definition) is 1. The Morgan fingerprint density at radius 1 is 0.900 bits per heavy atom. The van der Waals surface area contributed by atoms with Crippen molar-refractivity contribution < 1.29 is 61.9 Å². The second-order valence-corrected chi connectivity index (χ2v) is 8.68. The van der Waals surface area contributed by atoms with Crippen molar-refractivity contribution in [1.82, 2.24) is 0 Å². The van der Waals surface area contributed by atoms with Gasteiger partial charge in [-0.2, -0.15) is 8.42 Å². The number of rotatable bonds is 14. The molecule has 0 amide bonds. The van der Waals surface area contributed by atoms with Gasteiger partial charge in [-0.05, 0) is 33.6 Å². The number of carbonyl (C=O) groups excluding carboxylic acids is 3. The predicted molar refractivity (Wildman–Crippen MR) is 107 cm³/mol. The van der Waals surface area contributed by atoms with Crippen molar-refractivity contribution >= 4 is 28.0 Å². The summed E-state index contributed by atoms with van der Waals surface area (Å²) in [5.74, 6) is -2.39. The Morgan fingerprint density at radius 3 is 1.73 bits per heavy atom. The third-order valence-corrected chi connectivity index (χ3v) is 4.57. The topological polar surface area (TPSA) is 133 Å². The van der Waals surface area contributed by atoms with Gasteiger partial charge in [0.15, 0.2) is 0 Å². The van der Waals surface area contributed by atoms with Crippen LogP contribution < -0.4 is 18.9 Å². The minimum Gasteiger partial charge on any atom is -1.00 e. The minimum atomic E-state index is -3.97. The molecular weight excluding hydrogens is 411 g/mol. The van der Waals surface area contributed by atoms with Gasteiger partial charge in [0.2, 0.25) is 0 Å². The zero-order valence-corrected chi connectivity index (χ0v) is 19.0. The van der Waals surface area contributed by atoms with Gasteiger partial charge >= 0.3 is 36.8 Å². The molecule has 0 heterocycles. The first kappa shape index (κ1) is 30.6. The van der Waals surface area contributed by atoms with Crippen LogP contribution in [0.4, 0.5) is 0 Å². The van der Waals surface area contributed by atoms with E-state index in [9.17, 15) is 22.8 Å². The van der Waals surface area contributed by atoms with Crippen LogP contribution in [-0.4, -0.2) is 56.5 Å². The molecule has 0 bridgehead atoms. The molecule has 0 radical (unpaired) electrons. The summed E-state index contributed by atoms with van der Waals surface area (Å²) in [6, 6.07) is 0. The molecule has 168 valence electrons. The third kappa shape index (κ3) is 13.6. The van der Waals surface area contributed by atoms with Gasteiger partial charge in [0.25, 0.3) is 10.1 Å². The summed E-state index contributed by atoms with van der Waals surface area (Å²) < 4.78 is 45.2. The molecule has 0 atom stereocenters. The Bertz CT molecular complexity index is 705. The van der Waals surface area contributed by atoms with E-state index < -0.39 is 33.4 Å². The van der Waals surface area contributed by atoms with Gasteiger partial charge in [0.1, 0.15) is 18.6 Å². The van der Waals surface area contributed by atoms with E-state index >= 15 is 0 Å². The molecule has 0 aliphatic heterocycles. The molecule has 0 saturated carbocycles. The first-order chi connectivity index (χ1) is 13.3. The summed E-state index contributed by atoms with van der Waals surface area (Å²) >= 11 is 0. The molecule has 0 aromatic rings. The van der Waals surface area contributed by atoms with Crippen molar-refractivity contribution in [3.8, 4) is 0 Å². The van der Waals surface area contributed by atoms with Gasteiger partial charge in [0, 0.05) is 11.1 Å². The van der Waals surface area contributed by atoms with Gasteiger partial charge in [-0.15, -0.1) is 0 Å². The van der Waals surface area contributed by atoms with E-state index in [2.05, 4.69) is 13.2 Å². The van der Waals surface area contributed by atoms with Crippen LogP contribution in [0, 0.1) is 5.41 Å². The van der Waals surface area contributed by atoms with Crippen LogP contribution in [0.1, 0.15) is 47.9 Å². The number of ether oxygens (including phenoxy) is 3. The SMILES string of the molecule is C=C(C)C(=O)OCC(C)(COC(=O)C(=C)C)C(=O)OCCCCCCS(=O)(=O)O.[H-].[Li+].